The summed E-state index contributed by atoms with van der Waals surface area (Å²) in [6, 6.07) is 0. The van der Waals surface area contributed by atoms with E-state index in [1.807, 2.05) is 0 Å². The minimum atomic E-state index is 0.676. The predicted octanol–water partition coefficient (Wildman–Crippen LogP) is 2.76. The van der Waals surface area contributed by atoms with E-state index in [9.17, 15) is 0 Å². The zero-order valence-corrected chi connectivity index (χ0v) is 9.34. The van der Waals surface area contributed by atoms with E-state index in [0.29, 0.717) is 5.41 Å². The summed E-state index contributed by atoms with van der Waals surface area (Å²) >= 11 is 0. The van der Waals surface area contributed by atoms with Gasteiger partial charge in [0.05, 0.1) is 0 Å². The molecule has 2 rings (SSSR count). The van der Waals surface area contributed by atoms with Crippen molar-refractivity contribution in [3.63, 3.8) is 0 Å². The van der Waals surface area contributed by atoms with Crippen LogP contribution in [0.15, 0.2) is 0 Å². The van der Waals surface area contributed by atoms with E-state index in [0.717, 1.165) is 11.8 Å². The lowest BCUT2D eigenvalue weighted by Crippen LogP contribution is -2.46. The van der Waals surface area contributed by atoms with Gasteiger partial charge in [0.25, 0.3) is 0 Å². The lowest BCUT2D eigenvalue weighted by atomic mass is 9.54. The van der Waals surface area contributed by atoms with Crippen LogP contribution in [0.1, 0.15) is 40.0 Å². The Morgan fingerprint density at radius 3 is 2.38 bits per heavy atom. The SMILES string of the molecule is CC1CC(C)(CCN2CCC2)C1C. The summed E-state index contributed by atoms with van der Waals surface area (Å²) in [6.45, 7) is 11.4. The normalized spacial score (nSPS) is 45.5. The summed E-state index contributed by atoms with van der Waals surface area (Å²) in [5, 5.41) is 0. The second-order valence-corrected chi connectivity index (χ2v) is 5.57. The molecule has 2 fully saturated rings. The zero-order valence-electron chi connectivity index (χ0n) is 9.34. The maximum atomic E-state index is 2.60. The molecule has 1 saturated heterocycles. The molecule has 2 aliphatic rings. The molecule has 1 nitrogen and oxygen atoms in total. The quantitative estimate of drug-likeness (QED) is 0.647. The van der Waals surface area contributed by atoms with Gasteiger partial charge in [-0.05, 0) is 56.1 Å². The van der Waals surface area contributed by atoms with E-state index >= 15 is 0 Å². The van der Waals surface area contributed by atoms with Crippen LogP contribution in [0, 0.1) is 17.3 Å². The molecule has 0 aromatic heterocycles. The van der Waals surface area contributed by atoms with E-state index in [1.54, 1.807) is 0 Å². The van der Waals surface area contributed by atoms with Crippen molar-refractivity contribution in [2.24, 2.45) is 17.3 Å². The van der Waals surface area contributed by atoms with Crippen molar-refractivity contribution in [3.8, 4) is 0 Å². The Hall–Kier alpha value is -0.0400. The molecule has 0 amide bonds. The van der Waals surface area contributed by atoms with Crippen molar-refractivity contribution in [2.75, 3.05) is 19.6 Å². The highest BCUT2D eigenvalue weighted by molar-refractivity contribution is 4.95. The van der Waals surface area contributed by atoms with Gasteiger partial charge in [-0.2, -0.15) is 0 Å². The molecule has 76 valence electrons. The Morgan fingerprint density at radius 1 is 1.31 bits per heavy atom. The second-order valence-electron chi connectivity index (χ2n) is 5.57. The van der Waals surface area contributed by atoms with E-state index in [-0.39, 0.29) is 0 Å². The van der Waals surface area contributed by atoms with E-state index in [4.69, 9.17) is 0 Å². The molecule has 0 radical (unpaired) electrons. The molecular formula is C12H23N. The van der Waals surface area contributed by atoms with Crippen molar-refractivity contribution in [1.82, 2.24) is 4.90 Å². The highest BCUT2D eigenvalue weighted by Crippen LogP contribution is 2.52. The Kier molecular flexibility index (Phi) is 2.39. The van der Waals surface area contributed by atoms with Crippen LogP contribution >= 0.6 is 0 Å². The summed E-state index contributed by atoms with van der Waals surface area (Å²) in [4.78, 5) is 2.60. The van der Waals surface area contributed by atoms with Gasteiger partial charge in [0.1, 0.15) is 0 Å². The number of likely N-dealkylation sites (tertiary alicyclic amines) is 1. The summed E-state index contributed by atoms with van der Waals surface area (Å²) in [7, 11) is 0. The van der Waals surface area contributed by atoms with Gasteiger partial charge in [0.2, 0.25) is 0 Å². The molecule has 0 spiro atoms. The van der Waals surface area contributed by atoms with Gasteiger partial charge < -0.3 is 4.90 Å². The molecule has 13 heavy (non-hydrogen) atoms. The molecule has 3 atom stereocenters. The molecule has 0 aromatic carbocycles. The highest BCUT2D eigenvalue weighted by atomic mass is 15.2. The lowest BCUT2D eigenvalue weighted by Gasteiger charge is -2.52. The van der Waals surface area contributed by atoms with Crippen LogP contribution in [-0.2, 0) is 0 Å². The van der Waals surface area contributed by atoms with Crippen LogP contribution in [0.5, 0.6) is 0 Å². The molecule has 1 saturated carbocycles. The summed E-state index contributed by atoms with van der Waals surface area (Å²) in [6.07, 6.45) is 4.32. The minimum Gasteiger partial charge on any atom is -0.303 e. The highest BCUT2D eigenvalue weighted by Gasteiger charge is 2.44. The Morgan fingerprint density at radius 2 is 2.00 bits per heavy atom. The Labute approximate surface area is 82.5 Å². The fourth-order valence-corrected chi connectivity index (χ4v) is 2.97. The molecule has 0 N–H and O–H groups in total. The fraction of sp³-hybridized carbons (Fsp3) is 1.00. The van der Waals surface area contributed by atoms with Crippen molar-refractivity contribution < 1.29 is 0 Å². The lowest BCUT2D eigenvalue weighted by molar-refractivity contribution is -0.0229. The minimum absolute atomic E-state index is 0.676. The zero-order chi connectivity index (χ0) is 9.47. The first-order chi connectivity index (χ1) is 6.12. The Balaban J connectivity index is 1.74. The van der Waals surface area contributed by atoms with Gasteiger partial charge in [-0.1, -0.05) is 20.8 Å². The maximum Gasteiger partial charge on any atom is -0.000653 e. The molecule has 1 heterocycles. The van der Waals surface area contributed by atoms with Crippen LogP contribution in [0.25, 0.3) is 0 Å². The number of hydrogen-bond donors (Lipinski definition) is 0. The predicted molar refractivity (Wildman–Crippen MR) is 56.7 cm³/mol. The van der Waals surface area contributed by atoms with Gasteiger partial charge in [-0.15, -0.1) is 0 Å². The molecule has 1 aliphatic carbocycles. The van der Waals surface area contributed by atoms with Crippen molar-refractivity contribution in [3.05, 3.63) is 0 Å². The molecule has 3 unspecified atom stereocenters. The van der Waals surface area contributed by atoms with Crippen molar-refractivity contribution in [1.29, 1.82) is 0 Å². The van der Waals surface area contributed by atoms with Crippen molar-refractivity contribution in [2.45, 2.75) is 40.0 Å². The van der Waals surface area contributed by atoms with E-state index < -0.39 is 0 Å². The maximum absolute atomic E-state index is 2.60. The first-order valence-electron chi connectivity index (χ1n) is 5.84. The number of rotatable bonds is 3. The topological polar surface area (TPSA) is 3.24 Å². The van der Waals surface area contributed by atoms with Gasteiger partial charge in [-0.25, -0.2) is 0 Å². The fourth-order valence-electron chi connectivity index (χ4n) is 2.97. The number of nitrogens with zero attached hydrogens (tertiary/aromatic N) is 1. The van der Waals surface area contributed by atoms with E-state index in [1.165, 1.54) is 38.9 Å². The van der Waals surface area contributed by atoms with Crippen LogP contribution in [0.2, 0.25) is 0 Å². The van der Waals surface area contributed by atoms with Crippen LogP contribution in [-0.4, -0.2) is 24.5 Å². The van der Waals surface area contributed by atoms with Gasteiger partial charge in [-0.3, -0.25) is 0 Å². The average Bonchev–Trinajstić information content (AvgIpc) is 2.01. The van der Waals surface area contributed by atoms with E-state index in [2.05, 4.69) is 25.7 Å². The third kappa shape index (κ3) is 1.63. The third-order valence-corrected chi connectivity index (χ3v) is 4.69. The summed E-state index contributed by atoms with van der Waals surface area (Å²) in [5.74, 6) is 1.93. The smallest absolute Gasteiger partial charge is 0.000653 e. The summed E-state index contributed by atoms with van der Waals surface area (Å²) < 4.78 is 0. The number of hydrogen-bond acceptors (Lipinski definition) is 1. The first-order valence-corrected chi connectivity index (χ1v) is 5.84. The monoisotopic (exact) mass is 181 g/mol. The standard InChI is InChI=1S/C12H23N/c1-10-9-12(3,11(10)2)5-8-13-6-4-7-13/h10-11H,4-9H2,1-3H3. The van der Waals surface area contributed by atoms with Crippen LogP contribution in [0.3, 0.4) is 0 Å². The third-order valence-electron chi connectivity index (χ3n) is 4.69. The van der Waals surface area contributed by atoms with Crippen LogP contribution in [0.4, 0.5) is 0 Å². The first kappa shape index (κ1) is 9.51. The van der Waals surface area contributed by atoms with Crippen LogP contribution < -0.4 is 0 Å². The van der Waals surface area contributed by atoms with Gasteiger partial charge in [0, 0.05) is 0 Å². The van der Waals surface area contributed by atoms with Gasteiger partial charge in [0.15, 0.2) is 0 Å². The van der Waals surface area contributed by atoms with Crippen molar-refractivity contribution >= 4 is 0 Å². The molecular weight excluding hydrogens is 158 g/mol. The summed E-state index contributed by atoms with van der Waals surface area (Å²) in [5.41, 5.74) is 0.676. The van der Waals surface area contributed by atoms with Gasteiger partial charge >= 0.3 is 0 Å². The Bertz CT molecular complexity index is 186. The average molecular weight is 181 g/mol. The molecule has 0 bridgehead atoms. The molecule has 1 heteroatoms. The molecule has 0 aromatic rings. The second kappa shape index (κ2) is 3.27. The largest absolute Gasteiger partial charge is 0.303 e. The molecule has 1 aliphatic heterocycles.